The molecule has 2 aromatic carbocycles. The maximum absolute atomic E-state index is 12.4. The highest BCUT2D eigenvalue weighted by Crippen LogP contribution is 2.26. The zero-order valence-electron chi connectivity index (χ0n) is 14.0. The number of nitrogens with zero attached hydrogens (tertiary/aromatic N) is 2. The largest absolute Gasteiger partial charge is 0.508 e. The van der Waals surface area contributed by atoms with E-state index >= 15 is 0 Å². The lowest BCUT2D eigenvalue weighted by Gasteiger charge is -2.36. The highest BCUT2D eigenvalue weighted by Gasteiger charge is 2.42. The van der Waals surface area contributed by atoms with Gasteiger partial charge in [-0.05, 0) is 23.3 Å². The molecule has 2 fully saturated rings. The molecule has 2 atom stereocenters. The SMILES string of the molecule is O=C1CO[C@@H]2CN(Cc3ccc(O)cc3)C[C@H]2N1Cc1ccccc1. The Morgan fingerprint density at radius 1 is 0.960 bits per heavy atom. The van der Waals surface area contributed by atoms with E-state index in [2.05, 4.69) is 17.0 Å². The maximum atomic E-state index is 12.4. The van der Waals surface area contributed by atoms with Gasteiger partial charge in [-0.25, -0.2) is 0 Å². The van der Waals surface area contributed by atoms with Crippen LogP contribution < -0.4 is 0 Å². The number of carbonyl (C=O) groups is 1. The van der Waals surface area contributed by atoms with E-state index in [0.717, 1.165) is 30.8 Å². The Hall–Kier alpha value is -2.37. The van der Waals surface area contributed by atoms with Crippen LogP contribution in [0.5, 0.6) is 5.75 Å². The standard InChI is InChI=1S/C20H22N2O3/c23-17-8-6-16(7-9-17)10-21-12-18-19(13-21)25-14-20(24)22(18)11-15-4-2-1-3-5-15/h1-9,18-19,23H,10-14H2/t18-,19-/m1/s1. The van der Waals surface area contributed by atoms with Crippen LogP contribution in [-0.2, 0) is 22.6 Å². The number of hydrogen-bond acceptors (Lipinski definition) is 4. The molecule has 130 valence electrons. The Balaban J connectivity index is 1.46. The van der Waals surface area contributed by atoms with Crippen molar-refractivity contribution in [3.63, 3.8) is 0 Å². The Kier molecular flexibility index (Phi) is 4.42. The fourth-order valence-electron chi connectivity index (χ4n) is 3.72. The second-order valence-electron chi connectivity index (χ2n) is 6.78. The van der Waals surface area contributed by atoms with E-state index in [1.165, 1.54) is 0 Å². The van der Waals surface area contributed by atoms with Gasteiger partial charge in [-0.15, -0.1) is 0 Å². The number of amides is 1. The average molecular weight is 338 g/mol. The monoisotopic (exact) mass is 338 g/mol. The van der Waals surface area contributed by atoms with E-state index in [4.69, 9.17) is 4.74 Å². The lowest BCUT2D eigenvalue weighted by Crippen LogP contribution is -2.53. The first-order valence-electron chi connectivity index (χ1n) is 8.64. The summed E-state index contributed by atoms with van der Waals surface area (Å²) < 4.78 is 5.80. The molecule has 2 aliphatic rings. The first-order valence-corrected chi connectivity index (χ1v) is 8.64. The molecular weight excluding hydrogens is 316 g/mol. The molecule has 1 N–H and O–H groups in total. The summed E-state index contributed by atoms with van der Waals surface area (Å²) in [5.74, 6) is 0.346. The molecule has 5 nitrogen and oxygen atoms in total. The van der Waals surface area contributed by atoms with Crippen molar-refractivity contribution >= 4 is 5.91 Å². The average Bonchev–Trinajstić information content (AvgIpc) is 3.03. The lowest BCUT2D eigenvalue weighted by molar-refractivity contribution is -0.153. The van der Waals surface area contributed by atoms with Crippen molar-refractivity contribution in [2.24, 2.45) is 0 Å². The number of ether oxygens (including phenoxy) is 1. The third-order valence-corrected chi connectivity index (χ3v) is 4.99. The van der Waals surface area contributed by atoms with E-state index in [1.54, 1.807) is 12.1 Å². The molecule has 2 saturated heterocycles. The summed E-state index contributed by atoms with van der Waals surface area (Å²) in [6.45, 7) is 3.23. The molecule has 2 aliphatic heterocycles. The lowest BCUT2D eigenvalue weighted by atomic mass is 10.1. The second kappa shape index (κ2) is 6.86. The molecule has 0 aromatic heterocycles. The van der Waals surface area contributed by atoms with Gasteiger partial charge in [0.05, 0.1) is 12.1 Å². The Labute approximate surface area is 147 Å². The molecular formula is C20H22N2O3. The molecule has 0 radical (unpaired) electrons. The third-order valence-electron chi connectivity index (χ3n) is 4.99. The predicted molar refractivity (Wildman–Crippen MR) is 93.9 cm³/mol. The van der Waals surface area contributed by atoms with Crippen LogP contribution in [0.4, 0.5) is 0 Å². The minimum Gasteiger partial charge on any atom is -0.508 e. The fourth-order valence-corrected chi connectivity index (χ4v) is 3.72. The molecule has 0 saturated carbocycles. The quantitative estimate of drug-likeness (QED) is 0.926. The smallest absolute Gasteiger partial charge is 0.249 e. The Bertz CT molecular complexity index is 732. The number of rotatable bonds is 4. The summed E-state index contributed by atoms with van der Waals surface area (Å²) in [4.78, 5) is 16.7. The number of benzene rings is 2. The van der Waals surface area contributed by atoms with Gasteiger partial charge in [0.1, 0.15) is 12.4 Å². The van der Waals surface area contributed by atoms with E-state index in [9.17, 15) is 9.90 Å². The van der Waals surface area contributed by atoms with E-state index in [0.29, 0.717) is 6.54 Å². The van der Waals surface area contributed by atoms with Gasteiger partial charge in [0, 0.05) is 26.2 Å². The van der Waals surface area contributed by atoms with E-state index in [-0.39, 0.29) is 30.4 Å². The number of fused-ring (bicyclic) bond motifs is 1. The highest BCUT2D eigenvalue weighted by atomic mass is 16.5. The van der Waals surface area contributed by atoms with Gasteiger partial charge < -0.3 is 14.7 Å². The molecule has 0 aliphatic carbocycles. The van der Waals surface area contributed by atoms with Gasteiger partial charge in [0.25, 0.3) is 0 Å². The normalized spacial score (nSPS) is 23.7. The first-order chi connectivity index (χ1) is 12.2. The zero-order chi connectivity index (χ0) is 17.2. The Morgan fingerprint density at radius 2 is 1.68 bits per heavy atom. The van der Waals surface area contributed by atoms with Crippen molar-refractivity contribution in [1.82, 2.24) is 9.80 Å². The van der Waals surface area contributed by atoms with Gasteiger partial charge in [0.2, 0.25) is 5.91 Å². The molecule has 25 heavy (non-hydrogen) atoms. The van der Waals surface area contributed by atoms with Crippen LogP contribution >= 0.6 is 0 Å². The summed E-state index contributed by atoms with van der Waals surface area (Å²) in [7, 11) is 0. The van der Waals surface area contributed by atoms with E-state index < -0.39 is 0 Å². The summed E-state index contributed by atoms with van der Waals surface area (Å²) in [6, 6.07) is 17.5. The molecule has 2 aromatic rings. The highest BCUT2D eigenvalue weighted by molar-refractivity contribution is 5.78. The predicted octanol–water partition coefficient (Wildman–Crippen LogP) is 2.00. The van der Waals surface area contributed by atoms with Gasteiger partial charge in [-0.2, -0.15) is 0 Å². The molecule has 0 unspecified atom stereocenters. The van der Waals surface area contributed by atoms with Crippen molar-refractivity contribution < 1.29 is 14.6 Å². The van der Waals surface area contributed by atoms with Crippen molar-refractivity contribution in [2.45, 2.75) is 25.2 Å². The number of phenolic OH excluding ortho intramolecular Hbond substituents is 1. The summed E-state index contributed by atoms with van der Waals surface area (Å²) in [5.41, 5.74) is 2.30. The summed E-state index contributed by atoms with van der Waals surface area (Å²) in [5, 5.41) is 9.41. The van der Waals surface area contributed by atoms with Gasteiger partial charge in [0.15, 0.2) is 0 Å². The number of phenols is 1. The Morgan fingerprint density at radius 3 is 2.44 bits per heavy atom. The minimum absolute atomic E-state index is 0.0663. The van der Waals surface area contributed by atoms with Crippen molar-refractivity contribution in [3.8, 4) is 5.75 Å². The topological polar surface area (TPSA) is 53.0 Å². The van der Waals surface area contributed by atoms with Gasteiger partial charge in [-0.3, -0.25) is 9.69 Å². The van der Waals surface area contributed by atoms with Crippen LogP contribution in [0, 0.1) is 0 Å². The van der Waals surface area contributed by atoms with Gasteiger partial charge in [-0.1, -0.05) is 42.5 Å². The number of morpholine rings is 1. The third kappa shape index (κ3) is 3.52. The molecule has 2 heterocycles. The first kappa shape index (κ1) is 16.1. The second-order valence-corrected chi connectivity index (χ2v) is 6.78. The van der Waals surface area contributed by atoms with E-state index in [1.807, 2.05) is 35.2 Å². The van der Waals surface area contributed by atoms with Crippen LogP contribution in [0.2, 0.25) is 0 Å². The van der Waals surface area contributed by atoms with Crippen molar-refractivity contribution in [3.05, 3.63) is 65.7 Å². The van der Waals surface area contributed by atoms with Crippen LogP contribution in [0.15, 0.2) is 54.6 Å². The summed E-state index contributed by atoms with van der Waals surface area (Å²) >= 11 is 0. The molecule has 1 amide bonds. The fraction of sp³-hybridized carbons (Fsp3) is 0.350. The van der Waals surface area contributed by atoms with Gasteiger partial charge >= 0.3 is 0 Å². The van der Waals surface area contributed by atoms with Crippen LogP contribution in [-0.4, -0.2) is 52.7 Å². The van der Waals surface area contributed by atoms with Crippen LogP contribution in [0.25, 0.3) is 0 Å². The summed E-state index contributed by atoms with van der Waals surface area (Å²) in [6.07, 6.45) is 0.0681. The van der Waals surface area contributed by atoms with Crippen LogP contribution in [0.3, 0.4) is 0 Å². The number of aromatic hydroxyl groups is 1. The molecule has 5 heteroatoms. The van der Waals surface area contributed by atoms with Crippen LogP contribution in [0.1, 0.15) is 11.1 Å². The van der Waals surface area contributed by atoms with Crippen molar-refractivity contribution in [2.75, 3.05) is 19.7 Å². The molecule has 4 rings (SSSR count). The number of likely N-dealkylation sites (tertiary alicyclic amines) is 1. The number of hydrogen-bond donors (Lipinski definition) is 1. The molecule has 0 spiro atoms. The number of carbonyl (C=O) groups excluding carboxylic acids is 1. The minimum atomic E-state index is 0.0663. The van der Waals surface area contributed by atoms with Crippen molar-refractivity contribution in [1.29, 1.82) is 0 Å². The molecule has 0 bridgehead atoms. The zero-order valence-corrected chi connectivity index (χ0v) is 14.0. The maximum Gasteiger partial charge on any atom is 0.249 e.